The lowest BCUT2D eigenvalue weighted by Crippen LogP contribution is -1.97. The molecule has 90 valence electrons. The van der Waals surface area contributed by atoms with Gasteiger partial charge in [0.1, 0.15) is 17.4 Å². The second-order valence-electron chi connectivity index (χ2n) is 3.91. The highest BCUT2D eigenvalue weighted by molar-refractivity contribution is 7.11. The number of aromatic nitrogens is 1. The lowest BCUT2D eigenvalue weighted by atomic mass is 10.1. The summed E-state index contributed by atoms with van der Waals surface area (Å²) in [6.45, 7) is 5.20. The Kier molecular flexibility index (Phi) is 3.76. The van der Waals surface area contributed by atoms with Gasteiger partial charge >= 0.3 is 0 Å². The number of ether oxygens (including phenoxy) is 1. The second kappa shape index (κ2) is 5.29. The highest BCUT2D eigenvalue weighted by atomic mass is 32.1. The lowest BCUT2D eigenvalue weighted by molar-refractivity contribution is 0.303. The first kappa shape index (κ1) is 12.1. The van der Waals surface area contributed by atoms with E-state index in [0.717, 1.165) is 15.6 Å². The van der Waals surface area contributed by atoms with Crippen molar-refractivity contribution in [3.63, 3.8) is 0 Å². The van der Waals surface area contributed by atoms with Gasteiger partial charge in [-0.1, -0.05) is 12.1 Å². The number of rotatable bonds is 4. The number of benzene rings is 1. The first-order chi connectivity index (χ1) is 8.20. The van der Waals surface area contributed by atoms with Gasteiger partial charge in [-0.3, -0.25) is 0 Å². The first-order valence-corrected chi connectivity index (χ1v) is 6.35. The van der Waals surface area contributed by atoms with Crippen LogP contribution in [0.5, 0.6) is 5.75 Å². The number of thiazole rings is 1. The molecular formula is C13H16N2OS. The van der Waals surface area contributed by atoms with E-state index in [0.29, 0.717) is 13.2 Å². The van der Waals surface area contributed by atoms with E-state index in [9.17, 15) is 0 Å². The van der Waals surface area contributed by atoms with Gasteiger partial charge in [0.2, 0.25) is 0 Å². The monoisotopic (exact) mass is 248 g/mol. The Morgan fingerprint density at radius 3 is 2.88 bits per heavy atom. The maximum Gasteiger partial charge on any atom is 0.140 e. The zero-order valence-electron chi connectivity index (χ0n) is 10.1. The molecule has 17 heavy (non-hydrogen) atoms. The summed E-state index contributed by atoms with van der Waals surface area (Å²) in [5, 5.41) is 0.964. The van der Waals surface area contributed by atoms with E-state index < -0.39 is 0 Å². The molecule has 0 saturated heterocycles. The number of nitrogens with zero attached hydrogens (tertiary/aromatic N) is 1. The summed E-state index contributed by atoms with van der Waals surface area (Å²) in [5.41, 5.74) is 7.97. The van der Waals surface area contributed by atoms with Crippen molar-refractivity contribution in [2.45, 2.75) is 27.0 Å². The molecule has 1 aromatic carbocycles. The van der Waals surface area contributed by atoms with Gasteiger partial charge in [-0.25, -0.2) is 4.98 Å². The number of aryl methyl sites for hydroxylation is 1. The van der Waals surface area contributed by atoms with E-state index in [1.807, 2.05) is 18.3 Å². The van der Waals surface area contributed by atoms with E-state index in [-0.39, 0.29) is 0 Å². The molecule has 1 aromatic heterocycles. The number of hydrogen-bond donors (Lipinski definition) is 1. The molecule has 0 atom stereocenters. The minimum absolute atomic E-state index is 0.509. The molecule has 0 unspecified atom stereocenters. The van der Waals surface area contributed by atoms with Crippen LogP contribution in [0.2, 0.25) is 0 Å². The smallest absolute Gasteiger partial charge is 0.140 e. The molecule has 0 fully saturated rings. The fourth-order valence-electron chi connectivity index (χ4n) is 1.53. The van der Waals surface area contributed by atoms with Gasteiger partial charge in [0.25, 0.3) is 0 Å². The van der Waals surface area contributed by atoms with Crippen LogP contribution in [0, 0.1) is 13.8 Å². The summed E-state index contributed by atoms with van der Waals surface area (Å²) in [6.07, 6.45) is 1.81. The predicted octanol–water partition coefficient (Wildman–Crippen LogP) is 2.80. The minimum atomic E-state index is 0.509. The summed E-state index contributed by atoms with van der Waals surface area (Å²) in [7, 11) is 0. The standard InChI is InChI=1S/C13H16N2OS/c1-9-4-3-5-12(10(9)2)16-8-13-15-7-11(6-14)17-13/h3-5,7H,6,8,14H2,1-2H3. The van der Waals surface area contributed by atoms with E-state index in [2.05, 4.69) is 24.9 Å². The normalized spacial score (nSPS) is 10.5. The summed E-state index contributed by atoms with van der Waals surface area (Å²) in [5.74, 6) is 0.925. The highest BCUT2D eigenvalue weighted by Gasteiger charge is 2.04. The molecule has 0 aliphatic heterocycles. The summed E-state index contributed by atoms with van der Waals surface area (Å²) >= 11 is 1.60. The Balaban J connectivity index is 2.04. The molecule has 0 bridgehead atoms. The van der Waals surface area contributed by atoms with E-state index >= 15 is 0 Å². The van der Waals surface area contributed by atoms with Gasteiger partial charge in [0.15, 0.2) is 0 Å². The first-order valence-electron chi connectivity index (χ1n) is 5.53. The second-order valence-corrected chi connectivity index (χ2v) is 5.11. The van der Waals surface area contributed by atoms with Crippen LogP contribution in [0.25, 0.3) is 0 Å². The van der Waals surface area contributed by atoms with Crippen molar-refractivity contribution in [3.05, 3.63) is 45.4 Å². The zero-order chi connectivity index (χ0) is 12.3. The molecule has 0 saturated carbocycles. The molecule has 0 aliphatic rings. The maximum atomic E-state index is 5.77. The summed E-state index contributed by atoms with van der Waals surface area (Å²) in [6, 6.07) is 6.07. The van der Waals surface area contributed by atoms with Gasteiger partial charge in [-0.15, -0.1) is 11.3 Å². The van der Waals surface area contributed by atoms with E-state index in [4.69, 9.17) is 10.5 Å². The van der Waals surface area contributed by atoms with Crippen LogP contribution in [0.1, 0.15) is 21.0 Å². The van der Waals surface area contributed by atoms with Crippen LogP contribution >= 0.6 is 11.3 Å². The van der Waals surface area contributed by atoms with Crippen molar-refractivity contribution in [3.8, 4) is 5.75 Å². The molecule has 1 heterocycles. The average molecular weight is 248 g/mol. The Bertz CT molecular complexity index is 508. The topological polar surface area (TPSA) is 48.1 Å². The Morgan fingerprint density at radius 1 is 1.35 bits per heavy atom. The molecule has 2 rings (SSSR count). The van der Waals surface area contributed by atoms with Crippen molar-refractivity contribution in [2.75, 3.05) is 0 Å². The third-order valence-corrected chi connectivity index (χ3v) is 3.70. The molecule has 0 aliphatic carbocycles. The van der Waals surface area contributed by atoms with Crippen molar-refractivity contribution in [1.29, 1.82) is 0 Å². The minimum Gasteiger partial charge on any atom is -0.486 e. The van der Waals surface area contributed by atoms with Gasteiger partial charge in [-0.2, -0.15) is 0 Å². The lowest BCUT2D eigenvalue weighted by Gasteiger charge is -2.09. The van der Waals surface area contributed by atoms with Gasteiger partial charge in [-0.05, 0) is 31.0 Å². The Morgan fingerprint density at radius 2 is 2.18 bits per heavy atom. The van der Waals surface area contributed by atoms with Crippen molar-refractivity contribution in [1.82, 2.24) is 4.98 Å². The van der Waals surface area contributed by atoms with Gasteiger partial charge < -0.3 is 10.5 Å². The van der Waals surface area contributed by atoms with Gasteiger partial charge in [0.05, 0.1) is 0 Å². The average Bonchev–Trinajstić information content (AvgIpc) is 2.79. The molecule has 0 amide bonds. The number of nitrogens with two attached hydrogens (primary N) is 1. The third kappa shape index (κ3) is 2.84. The van der Waals surface area contributed by atoms with Crippen molar-refractivity contribution < 1.29 is 4.74 Å². The van der Waals surface area contributed by atoms with Crippen molar-refractivity contribution in [2.24, 2.45) is 5.73 Å². The molecule has 2 aromatic rings. The molecule has 2 N–H and O–H groups in total. The largest absolute Gasteiger partial charge is 0.486 e. The molecule has 4 heteroatoms. The van der Waals surface area contributed by atoms with Crippen molar-refractivity contribution >= 4 is 11.3 Å². The maximum absolute atomic E-state index is 5.77. The van der Waals surface area contributed by atoms with Crippen LogP contribution in [-0.2, 0) is 13.2 Å². The van der Waals surface area contributed by atoms with Crippen LogP contribution < -0.4 is 10.5 Å². The zero-order valence-corrected chi connectivity index (χ0v) is 10.9. The quantitative estimate of drug-likeness (QED) is 0.905. The fourth-order valence-corrected chi connectivity index (χ4v) is 2.24. The summed E-state index contributed by atoms with van der Waals surface area (Å²) < 4.78 is 5.77. The molecule has 0 spiro atoms. The van der Waals surface area contributed by atoms with Crippen LogP contribution in [0.3, 0.4) is 0 Å². The summed E-state index contributed by atoms with van der Waals surface area (Å²) in [4.78, 5) is 5.36. The van der Waals surface area contributed by atoms with Crippen LogP contribution in [-0.4, -0.2) is 4.98 Å². The molecule has 0 radical (unpaired) electrons. The van der Waals surface area contributed by atoms with E-state index in [1.54, 1.807) is 11.3 Å². The Labute approximate surface area is 105 Å². The SMILES string of the molecule is Cc1cccc(OCc2ncc(CN)s2)c1C. The fraction of sp³-hybridized carbons (Fsp3) is 0.308. The third-order valence-electron chi connectivity index (χ3n) is 2.71. The molecule has 3 nitrogen and oxygen atoms in total. The predicted molar refractivity (Wildman–Crippen MR) is 70.3 cm³/mol. The van der Waals surface area contributed by atoms with Crippen LogP contribution in [0.15, 0.2) is 24.4 Å². The van der Waals surface area contributed by atoms with Gasteiger partial charge in [0, 0.05) is 17.6 Å². The van der Waals surface area contributed by atoms with Crippen LogP contribution in [0.4, 0.5) is 0 Å². The number of hydrogen-bond acceptors (Lipinski definition) is 4. The highest BCUT2D eigenvalue weighted by Crippen LogP contribution is 2.22. The molecular weight excluding hydrogens is 232 g/mol. The van der Waals surface area contributed by atoms with E-state index in [1.165, 1.54) is 11.1 Å². The Hall–Kier alpha value is -1.39.